The predicted molar refractivity (Wildman–Crippen MR) is 78.9 cm³/mol. The Morgan fingerprint density at radius 1 is 1.35 bits per heavy atom. The van der Waals surface area contributed by atoms with Gasteiger partial charge in [-0.25, -0.2) is 4.98 Å². The number of nitrogens with one attached hydrogen (secondary N) is 2. The number of nitrogens with zero attached hydrogens (tertiary/aromatic N) is 2. The molecule has 6 nitrogen and oxygen atoms in total. The van der Waals surface area contributed by atoms with Gasteiger partial charge < -0.3 is 15.4 Å². The van der Waals surface area contributed by atoms with E-state index >= 15 is 0 Å². The summed E-state index contributed by atoms with van der Waals surface area (Å²) in [6.07, 6.45) is 0.393. The zero-order chi connectivity index (χ0) is 15.2. The molecule has 1 rings (SSSR count). The number of hydrogen-bond donors (Lipinski definition) is 2. The van der Waals surface area contributed by atoms with Gasteiger partial charge in [0.15, 0.2) is 0 Å². The van der Waals surface area contributed by atoms with Crippen molar-refractivity contribution in [1.82, 2.24) is 15.3 Å². The molecule has 1 heterocycles. The van der Waals surface area contributed by atoms with Crippen LogP contribution < -0.4 is 15.4 Å². The fourth-order valence-electron chi connectivity index (χ4n) is 1.64. The van der Waals surface area contributed by atoms with Gasteiger partial charge in [-0.2, -0.15) is 4.98 Å². The van der Waals surface area contributed by atoms with Crippen molar-refractivity contribution in [3.05, 3.63) is 11.9 Å². The van der Waals surface area contributed by atoms with E-state index in [0.717, 1.165) is 0 Å². The third-order valence-corrected chi connectivity index (χ3v) is 2.28. The van der Waals surface area contributed by atoms with Gasteiger partial charge in [0.05, 0.1) is 6.61 Å². The summed E-state index contributed by atoms with van der Waals surface area (Å²) in [6.45, 7) is 10.7. The van der Waals surface area contributed by atoms with Crippen molar-refractivity contribution in [3.8, 4) is 5.88 Å². The van der Waals surface area contributed by atoms with Crippen LogP contribution in [0.4, 0.5) is 5.82 Å². The standard InChI is InChI=1S/C14H24N4O2/c1-6-20-13-9-11(16-10(2)17-13)15-8-7-12(19)18-14(3,4)5/h9H,6-8H2,1-5H3,(H,18,19)(H,15,16,17). The monoisotopic (exact) mass is 280 g/mol. The summed E-state index contributed by atoms with van der Waals surface area (Å²) in [7, 11) is 0. The third kappa shape index (κ3) is 6.36. The molecule has 0 aliphatic carbocycles. The third-order valence-electron chi connectivity index (χ3n) is 2.28. The van der Waals surface area contributed by atoms with Crippen LogP contribution in [-0.2, 0) is 4.79 Å². The van der Waals surface area contributed by atoms with E-state index < -0.39 is 0 Å². The minimum absolute atomic E-state index is 0.0146. The molecule has 0 saturated carbocycles. The molecule has 6 heteroatoms. The average Bonchev–Trinajstić information content (AvgIpc) is 2.26. The van der Waals surface area contributed by atoms with Gasteiger partial charge >= 0.3 is 0 Å². The Bertz CT molecular complexity index is 455. The van der Waals surface area contributed by atoms with Crippen molar-refractivity contribution in [2.75, 3.05) is 18.5 Å². The highest BCUT2D eigenvalue weighted by atomic mass is 16.5. The average molecular weight is 280 g/mol. The van der Waals surface area contributed by atoms with Gasteiger partial charge in [-0.15, -0.1) is 0 Å². The zero-order valence-electron chi connectivity index (χ0n) is 12.9. The second-order valence-electron chi connectivity index (χ2n) is 5.55. The number of hydrogen-bond acceptors (Lipinski definition) is 5. The van der Waals surface area contributed by atoms with Gasteiger partial charge in [-0.1, -0.05) is 0 Å². The van der Waals surface area contributed by atoms with Gasteiger partial charge in [0.2, 0.25) is 11.8 Å². The smallest absolute Gasteiger partial charge is 0.222 e. The van der Waals surface area contributed by atoms with Crippen molar-refractivity contribution in [2.24, 2.45) is 0 Å². The van der Waals surface area contributed by atoms with Gasteiger partial charge in [0.25, 0.3) is 0 Å². The maximum Gasteiger partial charge on any atom is 0.222 e. The van der Waals surface area contributed by atoms with E-state index in [-0.39, 0.29) is 11.4 Å². The predicted octanol–water partition coefficient (Wildman–Crippen LogP) is 1.90. The fourth-order valence-corrected chi connectivity index (χ4v) is 1.64. The molecule has 0 bridgehead atoms. The molecule has 112 valence electrons. The summed E-state index contributed by atoms with van der Waals surface area (Å²) < 4.78 is 5.35. The number of carbonyl (C=O) groups excluding carboxylic acids is 1. The van der Waals surface area contributed by atoms with Crippen LogP contribution in [0.1, 0.15) is 39.9 Å². The summed E-state index contributed by atoms with van der Waals surface area (Å²) >= 11 is 0. The topological polar surface area (TPSA) is 76.1 Å². The van der Waals surface area contributed by atoms with Crippen molar-refractivity contribution in [1.29, 1.82) is 0 Å². The van der Waals surface area contributed by atoms with Crippen LogP contribution in [0.2, 0.25) is 0 Å². The summed E-state index contributed by atoms with van der Waals surface area (Å²) in [4.78, 5) is 20.1. The Balaban J connectivity index is 2.47. The highest BCUT2D eigenvalue weighted by Gasteiger charge is 2.13. The molecule has 20 heavy (non-hydrogen) atoms. The molecule has 1 aromatic heterocycles. The first kappa shape index (κ1) is 16.2. The summed E-state index contributed by atoms with van der Waals surface area (Å²) in [5, 5.41) is 6.02. The first-order valence-corrected chi connectivity index (χ1v) is 6.83. The lowest BCUT2D eigenvalue weighted by Gasteiger charge is -2.20. The SMILES string of the molecule is CCOc1cc(NCCC(=O)NC(C)(C)C)nc(C)n1. The van der Waals surface area contributed by atoms with Crippen LogP contribution in [0.3, 0.4) is 0 Å². The van der Waals surface area contributed by atoms with E-state index in [2.05, 4.69) is 20.6 Å². The number of anilines is 1. The van der Waals surface area contributed by atoms with Crippen LogP contribution in [-0.4, -0.2) is 34.6 Å². The minimum atomic E-state index is -0.204. The molecule has 0 unspecified atom stereocenters. The molecule has 0 aliphatic heterocycles. The van der Waals surface area contributed by atoms with E-state index in [4.69, 9.17) is 4.74 Å². The number of aromatic nitrogens is 2. The van der Waals surface area contributed by atoms with Gasteiger partial charge in [0, 0.05) is 24.6 Å². The lowest BCUT2D eigenvalue weighted by atomic mass is 10.1. The van der Waals surface area contributed by atoms with Gasteiger partial charge in [-0.3, -0.25) is 4.79 Å². The molecule has 0 atom stereocenters. The van der Waals surface area contributed by atoms with E-state index in [9.17, 15) is 4.79 Å². The molecule has 0 saturated heterocycles. The molecule has 1 aromatic rings. The van der Waals surface area contributed by atoms with Crippen molar-refractivity contribution >= 4 is 11.7 Å². The maximum absolute atomic E-state index is 11.7. The largest absolute Gasteiger partial charge is 0.478 e. The van der Waals surface area contributed by atoms with Crippen LogP contribution in [0, 0.1) is 6.92 Å². The Morgan fingerprint density at radius 3 is 2.65 bits per heavy atom. The van der Waals surface area contributed by atoms with E-state index in [0.29, 0.717) is 37.1 Å². The Hall–Kier alpha value is -1.85. The van der Waals surface area contributed by atoms with E-state index in [1.165, 1.54) is 0 Å². The molecule has 1 amide bonds. The number of amides is 1. The van der Waals surface area contributed by atoms with Crippen LogP contribution in [0.25, 0.3) is 0 Å². The molecule has 0 radical (unpaired) electrons. The van der Waals surface area contributed by atoms with Crippen LogP contribution in [0.15, 0.2) is 6.07 Å². The lowest BCUT2D eigenvalue weighted by Crippen LogP contribution is -2.41. The first-order chi connectivity index (χ1) is 9.30. The number of carbonyl (C=O) groups is 1. The number of rotatable bonds is 6. The second kappa shape index (κ2) is 7.07. The van der Waals surface area contributed by atoms with Crippen molar-refractivity contribution < 1.29 is 9.53 Å². The van der Waals surface area contributed by atoms with Crippen LogP contribution >= 0.6 is 0 Å². The van der Waals surface area contributed by atoms with E-state index in [1.807, 2.05) is 27.7 Å². The maximum atomic E-state index is 11.7. The molecular weight excluding hydrogens is 256 g/mol. The van der Waals surface area contributed by atoms with Crippen molar-refractivity contribution in [3.63, 3.8) is 0 Å². The first-order valence-electron chi connectivity index (χ1n) is 6.83. The molecule has 0 fully saturated rings. The van der Waals surface area contributed by atoms with Crippen molar-refractivity contribution in [2.45, 2.75) is 46.6 Å². The highest BCUT2D eigenvalue weighted by molar-refractivity contribution is 5.77. The van der Waals surface area contributed by atoms with Gasteiger partial charge in [0.1, 0.15) is 11.6 Å². The zero-order valence-corrected chi connectivity index (χ0v) is 12.9. The Morgan fingerprint density at radius 2 is 2.05 bits per heavy atom. The lowest BCUT2D eigenvalue weighted by molar-refractivity contribution is -0.122. The summed E-state index contributed by atoms with van der Waals surface area (Å²) in [5.74, 6) is 1.87. The van der Waals surface area contributed by atoms with E-state index in [1.54, 1.807) is 13.0 Å². The fraction of sp³-hybridized carbons (Fsp3) is 0.643. The Labute approximate surface area is 120 Å². The van der Waals surface area contributed by atoms with Gasteiger partial charge in [-0.05, 0) is 34.6 Å². The molecular formula is C14H24N4O2. The normalized spacial score (nSPS) is 11.1. The number of ether oxygens (including phenoxy) is 1. The quantitative estimate of drug-likeness (QED) is 0.832. The number of aryl methyl sites for hydroxylation is 1. The second-order valence-corrected chi connectivity index (χ2v) is 5.55. The molecule has 2 N–H and O–H groups in total. The molecule has 0 spiro atoms. The molecule has 0 aliphatic rings. The minimum Gasteiger partial charge on any atom is -0.478 e. The van der Waals surface area contributed by atoms with Crippen LogP contribution in [0.5, 0.6) is 5.88 Å². The Kier molecular flexibility index (Phi) is 5.73. The molecule has 0 aromatic carbocycles. The highest BCUT2D eigenvalue weighted by Crippen LogP contribution is 2.13. The summed E-state index contributed by atoms with van der Waals surface area (Å²) in [6, 6.07) is 1.73. The summed E-state index contributed by atoms with van der Waals surface area (Å²) in [5.41, 5.74) is -0.204.